The predicted molar refractivity (Wildman–Crippen MR) is 64.5 cm³/mol. The third kappa shape index (κ3) is 2.01. The molecular weight excluding hydrogens is 284 g/mol. The van der Waals surface area contributed by atoms with Crippen molar-refractivity contribution < 1.29 is 4.74 Å². The molecule has 0 amide bonds. The minimum absolute atomic E-state index is 0.331. The van der Waals surface area contributed by atoms with Gasteiger partial charge in [-0.25, -0.2) is 0 Å². The van der Waals surface area contributed by atoms with Crippen LogP contribution in [0.1, 0.15) is 23.0 Å². The molecule has 1 aliphatic rings. The van der Waals surface area contributed by atoms with Gasteiger partial charge in [-0.15, -0.1) is 11.3 Å². The molecular formula is C10H12BrClOS. The van der Waals surface area contributed by atoms with E-state index in [2.05, 4.69) is 22.9 Å². The molecule has 0 spiro atoms. The SMILES string of the molecule is CC1OCCC1C(Br)c1sccc1Cl. The number of hydrogen-bond donors (Lipinski definition) is 0. The van der Waals surface area contributed by atoms with Crippen molar-refractivity contribution in [1.82, 2.24) is 0 Å². The number of hydrogen-bond acceptors (Lipinski definition) is 2. The number of thiophene rings is 1. The second kappa shape index (κ2) is 4.52. The lowest BCUT2D eigenvalue weighted by atomic mass is 9.98. The first-order valence-corrected chi connectivity index (χ1v) is 6.86. The summed E-state index contributed by atoms with van der Waals surface area (Å²) in [7, 11) is 0. The summed E-state index contributed by atoms with van der Waals surface area (Å²) in [4.78, 5) is 1.57. The summed E-state index contributed by atoms with van der Waals surface area (Å²) >= 11 is 11.5. The van der Waals surface area contributed by atoms with Gasteiger partial charge in [0.15, 0.2) is 0 Å². The third-order valence-electron chi connectivity index (χ3n) is 2.71. The number of halogens is 2. The van der Waals surface area contributed by atoms with Gasteiger partial charge in [-0.3, -0.25) is 0 Å². The van der Waals surface area contributed by atoms with Gasteiger partial charge < -0.3 is 4.74 Å². The van der Waals surface area contributed by atoms with Crippen molar-refractivity contribution in [2.24, 2.45) is 5.92 Å². The maximum absolute atomic E-state index is 6.10. The van der Waals surface area contributed by atoms with E-state index in [0.717, 1.165) is 18.1 Å². The Hall–Kier alpha value is 0.430. The molecule has 0 aromatic carbocycles. The average molecular weight is 296 g/mol. The van der Waals surface area contributed by atoms with Crippen LogP contribution in [0.15, 0.2) is 11.4 Å². The first-order chi connectivity index (χ1) is 6.70. The van der Waals surface area contributed by atoms with Gasteiger partial charge in [0.05, 0.1) is 16.0 Å². The van der Waals surface area contributed by atoms with Crippen LogP contribution < -0.4 is 0 Å². The molecule has 1 aromatic heterocycles. The molecule has 14 heavy (non-hydrogen) atoms. The van der Waals surface area contributed by atoms with Crippen LogP contribution in [-0.4, -0.2) is 12.7 Å². The van der Waals surface area contributed by atoms with E-state index >= 15 is 0 Å². The van der Waals surface area contributed by atoms with E-state index in [-0.39, 0.29) is 0 Å². The van der Waals surface area contributed by atoms with Crippen LogP contribution in [0, 0.1) is 5.92 Å². The van der Waals surface area contributed by atoms with Gasteiger partial charge in [0, 0.05) is 17.4 Å². The van der Waals surface area contributed by atoms with E-state index in [9.17, 15) is 0 Å². The molecule has 1 saturated heterocycles. The topological polar surface area (TPSA) is 9.23 Å². The average Bonchev–Trinajstić information content (AvgIpc) is 2.73. The lowest BCUT2D eigenvalue weighted by molar-refractivity contribution is 0.106. The van der Waals surface area contributed by atoms with Crippen LogP contribution in [0.25, 0.3) is 0 Å². The van der Waals surface area contributed by atoms with Crippen molar-refractivity contribution in [3.63, 3.8) is 0 Å². The summed E-state index contributed by atoms with van der Waals surface area (Å²) in [5.41, 5.74) is 0. The molecule has 2 heterocycles. The zero-order chi connectivity index (χ0) is 10.1. The van der Waals surface area contributed by atoms with Crippen molar-refractivity contribution in [2.75, 3.05) is 6.61 Å². The van der Waals surface area contributed by atoms with E-state index in [1.54, 1.807) is 11.3 Å². The zero-order valence-corrected chi connectivity index (χ0v) is 11.0. The van der Waals surface area contributed by atoms with Gasteiger partial charge in [0.1, 0.15) is 0 Å². The molecule has 0 saturated carbocycles. The Balaban J connectivity index is 2.15. The summed E-state index contributed by atoms with van der Waals surface area (Å²) in [5, 5.41) is 2.91. The number of alkyl halides is 1. The molecule has 0 N–H and O–H groups in total. The van der Waals surface area contributed by atoms with E-state index in [4.69, 9.17) is 16.3 Å². The quantitative estimate of drug-likeness (QED) is 0.741. The molecule has 4 heteroatoms. The van der Waals surface area contributed by atoms with Crippen LogP contribution >= 0.6 is 38.9 Å². The molecule has 1 aromatic rings. The second-order valence-electron chi connectivity index (χ2n) is 3.56. The molecule has 2 rings (SSSR count). The first-order valence-electron chi connectivity index (χ1n) is 4.68. The highest BCUT2D eigenvalue weighted by molar-refractivity contribution is 9.09. The normalized spacial score (nSPS) is 29.4. The van der Waals surface area contributed by atoms with Gasteiger partial charge in [-0.05, 0) is 24.8 Å². The monoisotopic (exact) mass is 294 g/mol. The molecule has 1 nitrogen and oxygen atoms in total. The molecule has 0 aliphatic carbocycles. The molecule has 78 valence electrons. The Bertz CT molecular complexity index is 315. The maximum atomic E-state index is 6.10. The van der Waals surface area contributed by atoms with Gasteiger partial charge in [0.25, 0.3) is 0 Å². The highest BCUT2D eigenvalue weighted by Gasteiger charge is 2.32. The number of rotatable bonds is 2. The summed E-state index contributed by atoms with van der Waals surface area (Å²) in [6.07, 6.45) is 1.45. The Morgan fingerprint density at radius 2 is 2.50 bits per heavy atom. The Morgan fingerprint density at radius 3 is 3.00 bits per heavy atom. The fourth-order valence-electron chi connectivity index (χ4n) is 1.83. The standard InChI is InChI=1S/C10H12BrClOS/c1-6-7(2-4-13-6)9(11)10-8(12)3-5-14-10/h3,5-7,9H,2,4H2,1H3. The fraction of sp³-hybridized carbons (Fsp3) is 0.600. The Labute approximate surface area is 102 Å². The third-order valence-corrected chi connectivity index (χ3v) is 5.59. The molecule has 0 bridgehead atoms. The molecule has 1 fully saturated rings. The van der Waals surface area contributed by atoms with Crippen molar-refractivity contribution in [3.8, 4) is 0 Å². The predicted octanol–water partition coefficient (Wildman–Crippen LogP) is 4.26. The van der Waals surface area contributed by atoms with E-state index in [0.29, 0.717) is 16.8 Å². The Morgan fingerprint density at radius 1 is 1.71 bits per heavy atom. The van der Waals surface area contributed by atoms with Crippen LogP contribution in [-0.2, 0) is 4.74 Å². The van der Waals surface area contributed by atoms with Crippen LogP contribution in [0.4, 0.5) is 0 Å². The lowest BCUT2D eigenvalue weighted by Gasteiger charge is -2.19. The first kappa shape index (κ1) is 10.9. The van der Waals surface area contributed by atoms with Gasteiger partial charge in [-0.1, -0.05) is 27.5 Å². The van der Waals surface area contributed by atoms with Crippen molar-refractivity contribution >= 4 is 38.9 Å². The molecule has 0 radical (unpaired) electrons. The van der Waals surface area contributed by atoms with Crippen LogP contribution in [0.2, 0.25) is 5.02 Å². The largest absolute Gasteiger partial charge is 0.378 e. The van der Waals surface area contributed by atoms with Gasteiger partial charge in [0.2, 0.25) is 0 Å². The van der Waals surface area contributed by atoms with Crippen molar-refractivity contribution in [3.05, 3.63) is 21.3 Å². The Kier molecular flexibility index (Phi) is 3.53. The summed E-state index contributed by atoms with van der Waals surface area (Å²) in [6.45, 7) is 3.00. The van der Waals surface area contributed by atoms with Crippen LogP contribution in [0.3, 0.4) is 0 Å². The summed E-state index contributed by atoms with van der Waals surface area (Å²) < 4.78 is 5.56. The highest BCUT2D eigenvalue weighted by Crippen LogP contribution is 2.44. The minimum Gasteiger partial charge on any atom is -0.378 e. The number of ether oxygens (including phenoxy) is 1. The minimum atomic E-state index is 0.331. The smallest absolute Gasteiger partial charge is 0.0590 e. The van der Waals surface area contributed by atoms with Crippen molar-refractivity contribution in [1.29, 1.82) is 0 Å². The van der Waals surface area contributed by atoms with E-state index in [1.807, 2.05) is 11.4 Å². The summed E-state index contributed by atoms with van der Waals surface area (Å²) in [5.74, 6) is 0.547. The van der Waals surface area contributed by atoms with E-state index < -0.39 is 0 Å². The molecule has 3 atom stereocenters. The van der Waals surface area contributed by atoms with Crippen LogP contribution in [0.5, 0.6) is 0 Å². The molecule has 1 aliphatic heterocycles. The van der Waals surface area contributed by atoms with Crippen molar-refractivity contribution in [2.45, 2.75) is 24.3 Å². The fourth-order valence-corrected chi connectivity index (χ4v) is 4.45. The van der Waals surface area contributed by atoms with Gasteiger partial charge >= 0.3 is 0 Å². The zero-order valence-electron chi connectivity index (χ0n) is 7.87. The summed E-state index contributed by atoms with van der Waals surface area (Å²) in [6, 6.07) is 1.95. The van der Waals surface area contributed by atoms with E-state index in [1.165, 1.54) is 4.88 Å². The second-order valence-corrected chi connectivity index (χ2v) is 5.90. The molecule has 3 unspecified atom stereocenters. The lowest BCUT2D eigenvalue weighted by Crippen LogP contribution is -2.15. The highest BCUT2D eigenvalue weighted by atomic mass is 79.9. The van der Waals surface area contributed by atoms with Gasteiger partial charge in [-0.2, -0.15) is 0 Å². The maximum Gasteiger partial charge on any atom is 0.0590 e.